The molecule has 1 heterocycles. The number of carbonyl (C=O) groups excluding carboxylic acids is 1. The standard InChI is InChI=1S/C18H21BrN2O.ClH/c19-16-9-5-4-8-14(16)15(17-11-20-12-21-17)10-18(22)13-6-2-1-3-7-13;/h4-5,8-9,11-13,15H,1-3,6-7,10H2,(H,20,21);1H. The lowest BCUT2D eigenvalue weighted by Crippen LogP contribution is -2.20. The lowest BCUT2D eigenvalue weighted by Gasteiger charge is -2.23. The van der Waals surface area contributed by atoms with Crippen LogP contribution in [0, 0.1) is 5.92 Å². The Labute approximate surface area is 151 Å². The van der Waals surface area contributed by atoms with E-state index in [2.05, 4.69) is 32.0 Å². The van der Waals surface area contributed by atoms with Crippen molar-refractivity contribution in [1.82, 2.24) is 9.97 Å². The fraction of sp³-hybridized carbons (Fsp3) is 0.444. The minimum Gasteiger partial charge on any atom is -0.348 e. The number of imidazole rings is 1. The van der Waals surface area contributed by atoms with Crippen molar-refractivity contribution in [3.05, 3.63) is 52.5 Å². The monoisotopic (exact) mass is 396 g/mol. The molecule has 0 radical (unpaired) electrons. The Hall–Kier alpha value is -1.13. The number of H-pyrrole nitrogens is 1. The number of nitrogens with zero attached hydrogens (tertiary/aromatic N) is 1. The number of Topliss-reactive ketones (excluding diaryl/α,β-unsaturated/α-hetero) is 1. The van der Waals surface area contributed by atoms with Crippen LogP contribution in [-0.4, -0.2) is 15.8 Å². The predicted molar refractivity (Wildman–Crippen MR) is 98.0 cm³/mol. The lowest BCUT2D eigenvalue weighted by molar-refractivity contribution is -0.124. The van der Waals surface area contributed by atoms with Gasteiger partial charge in [0.15, 0.2) is 0 Å². The molecule has 1 fully saturated rings. The van der Waals surface area contributed by atoms with Crippen LogP contribution in [0.25, 0.3) is 0 Å². The number of ketones is 1. The van der Waals surface area contributed by atoms with Gasteiger partial charge in [-0.25, -0.2) is 4.98 Å². The summed E-state index contributed by atoms with van der Waals surface area (Å²) in [4.78, 5) is 20.1. The van der Waals surface area contributed by atoms with E-state index in [1.54, 1.807) is 6.33 Å². The van der Waals surface area contributed by atoms with E-state index >= 15 is 0 Å². The number of benzene rings is 1. The molecule has 0 bridgehead atoms. The lowest BCUT2D eigenvalue weighted by atomic mass is 9.81. The van der Waals surface area contributed by atoms with Gasteiger partial charge in [-0.15, -0.1) is 12.4 Å². The van der Waals surface area contributed by atoms with Gasteiger partial charge in [0.2, 0.25) is 0 Å². The first-order valence-corrected chi connectivity index (χ1v) is 8.80. The summed E-state index contributed by atoms with van der Waals surface area (Å²) in [6.07, 6.45) is 9.85. The zero-order valence-electron chi connectivity index (χ0n) is 13.0. The SMILES string of the molecule is Cl.O=C(CC(c1cnc[nH]1)c1ccccc1Br)C1CCCCC1. The van der Waals surface area contributed by atoms with E-state index in [9.17, 15) is 4.79 Å². The number of halogens is 2. The highest BCUT2D eigenvalue weighted by Gasteiger charge is 2.27. The summed E-state index contributed by atoms with van der Waals surface area (Å²) in [7, 11) is 0. The number of aromatic nitrogens is 2. The van der Waals surface area contributed by atoms with Gasteiger partial charge in [-0.1, -0.05) is 53.4 Å². The van der Waals surface area contributed by atoms with Crippen LogP contribution >= 0.6 is 28.3 Å². The molecule has 3 rings (SSSR count). The second kappa shape index (κ2) is 8.65. The quantitative estimate of drug-likeness (QED) is 0.747. The van der Waals surface area contributed by atoms with Crippen LogP contribution in [0.3, 0.4) is 0 Å². The van der Waals surface area contributed by atoms with E-state index in [0.29, 0.717) is 12.2 Å². The fourth-order valence-electron chi connectivity index (χ4n) is 3.39. The first kappa shape index (κ1) is 18.2. The summed E-state index contributed by atoms with van der Waals surface area (Å²) in [6, 6.07) is 8.14. The molecule has 5 heteroatoms. The van der Waals surface area contributed by atoms with E-state index in [4.69, 9.17) is 0 Å². The third-order valence-electron chi connectivity index (χ3n) is 4.64. The second-order valence-electron chi connectivity index (χ2n) is 6.09. The van der Waals surface area contributed by atoms with Crippen molar-refractivity contribution in [3.8, 4) is 0 Å². The molecular formula is C18H22BrClN2O. The second-order valence-corrected chi connectivity index (χ2v) is 6.94. The van der Waals surface area contributed by atoms with E-state index < -0.39 is 0 Å². The minimum absolute atomic E-state index is 0. The van der Waals surface area contributed by atoms with Crippen LogP contribution in [0.4, 0.5) is 0 Å². The maximum atomic E-state index is 12.7. The van der Waals surface area contributed by atoms with Crippen molar-refractivity contribution in [2.45, 2.75) is 44.4 Å². The molecule has 1 aliphatic rings. The minimum atomic E-state index is 0. The van der Waals surface area contributed by atoms with Gasteiger partial charge >= 0.3 is 0 Å². The summed E-state index contributed by atoms with van der Waals surface area (Å²) >= 11 is 3.62. The molecule has 0 amide bonds. The van der Waals surface area contributed by atoms with Gasteiger partial charge in [0.05, 0.1) is 6.33 Å². The molecule has 1 aromatic carbocycles. The summed E-state index contributed by atoms with van der Waals surface area (Å²) in [5.41, 5.74) is 2.16. The van der Waals surface area contributed by atoms with Gasteiger partial charge in [0.1, 0.15) is 5.78 Å². The molecular weight excluding hydrogens is 376 g/mol. The predicted octanol–water partition coefficient (Wildman–Crippen LogP) is 5.27. The Morgan fingerprint density at radius 2 is 2.00 bits per heavy atom. The van der Waals surface area contributed by atoms with Crippen molar-refractivity contribution < 1.29 is 4.79 Å². The molecule has 23 heavy (non-hydrogen) atoms. The van der Waals surface area contributed by atoms with Crippen molar-refractivity contribution in [2.75, 3.05) is 0 Å². The number of nitrogens with one attached hydrogen (secondary N) is 1. The first-order valence-electron chi connectivity index (χ1n) is 8.01. The van der Waals surface area contributed by atoms with Crippen molar-refractivity contribution in [3.63, 3.8) is 0 Å². The van der Waals surface area contributed by atoms with Gasteiger partial charge in [-0.2, -0.15) is 0 Å². The van der Waals surface area contributed by atoms with Crippen LogP contribution in [-0.2, 0) is 4.79 Å². The number of rotatable bonds is 5. The summed E-state index contributed by atoms with van der Waals surface area (Å²) in [5, 5.41) is 0. The molecule has 1 atom stereocenters. The molecule has 0 aliphatic heterocycles. The number of hydrogen-bond donors (Lipinski definition) is 1. The fourth-order valence-corrected chi connectivity index (χ4v) is 3.96. The van der Waals surface area contributed by atoms with Crippen LogP contribution < -0.4 is 0 Å². The average molecular weight is 398 g/mol. The van der Waals surface area contributed by atoms with Gasteiger partial charge in [0, 0.05) is 34.6 Å². The Kier molecular flexibility index (Phi) is 6.85. The van der Waals surface area contributed by atoms with Gasteiger partial charge < -0.3 is 4.98 Å². The first-order chi connectivity index (χ1) is 10.8. The molecule has 0 saturated heterocycles. The van der Waals surface area contributed by atoms with Crippen LogP contribution in [0.5, 0.6) is 0 Å². The zero-order chi connectivity index (χ0) is 15.4. The average Bonchev–Trinajstić information content (AvgIpc) is 3.08. The smallest absolute Gasteiger partial charge is 0.136 e. The van der Waals surface area contributed by atoms with Gasteiger partial charge in [-0.3, -0.25) is 4.79 Å². The van der Waals surface area contributed by atoms with E-state index in [1.807, 2.05) is 24.4 Å². The Morgan fingerprint density at radius 1 is 1.26 bits per heavy atom. The molecule has 124 valence electrons. The summed E-state index contributed by atoms with van der Waals surface area (Å²) < 4.78 is 1.05. The highest BCUT2D eigenvalue weighted by molar-refractivity contribution is 9.10. The van der Waals surface area contributed by atoms with E-state index in [-0.39, 0.29) is 24.2 Å². The maximum absolute atomic E-state index is 12.7. The Balaban J connectivity index is 0.00000192. The van der Waals surface area contributed by atoms with Crippen LogP contribution in [0.2, 0.25) is 0 Å². The molecule has 1 saturated carbocycles. The normalized spacial score (nSPS) is 16.6. The molecule has 1 unspecified atom stereocenters. The third-order valence-corrected chi connectivity index (χ3v) is 5.36. The van der Waals surface area contributed by atoms with Crippen LogP contribution in [0.15, 0.2) is 41.3 Å². The van der Waals surface area contributed by atoms with E-state index in [0.717, 1.165) is 28.6 Å². The van der Waals surface area contributed by atoms with Gasteiger partial charge in [0.25, 0.3) is 0 Å². The number of hydrogen-bond acceptors (Lipinski definition) is 2. The third kappa shape index (κ3) is 4.45. The number of carbonyl (C=O) groups is 1. The maximum Gasteiger partial charge on any atom is 0.136 e. The Morgan fingerprint density at radius 3 is 2.65 bits per heavy atom. The van der Waals surface area contributed by atoms with Crippen LogP contribution in [0.1, 0.15) is 55.7 Å². The highest BCUT2D eigenvalue weighted by atomic mass is 79.9. The molecule has 1 aromatic heterocycles. The molecule has 1 aliphatic carbocycles. The molecule has 1 N–H and O–H groups in total. The van der Waals surface area contributed by atoms with Crippen molar-refractivity contribution >= 4 is 34.1 Å². The zero-order valence-corrected chi connectivity index (χ0v) is 15.4. The number of aromatic amines is 1. The molecule has 0 spiro atoms. The van der Waals surface area contributed by atoms with E-state index in [1.165, 1.54) is 19.3 Å². The highest BCUT2D eigenvalue weighted by Crippen LogP contribution is 2.35. The summed E-state index contributed by atoms with van der Waals surface area (Å²) in [6.45, 7) is 0. The van der Waals surface area contributed by atoms with Crippen molar-refractivity contribution in [2.24, 2.45) is 5.92 Å². The summed E-state index contributed by atoms with van der Waals surface area (Å²) in [5.74, 6) is 0.698. The van der Waals surface area contributed by atoms with Gasteiger partial charge in [-0.05, 0) is 24.5 Å². The molecule has 3 nitrogen and oxygen atoms in total. The largest absolute Gasteiger partial charge is 0.348 e. The van der Waals surface area contributed by atoms with Crippen molar-refractivity contribution in [1.29, 1.82) is 0 Å². The molecule has 2 aromatic rings. The Bertz CT molecular complexity index is 624. The topological polar surface area (TPSA) is 45.8 Å².